The van der Waals surface area contributed by atoms with E-state index in [4.69, 9.17) is 0 Å². The topological polar surface area (TPSA) is 49.3 Å². The molecule has 2 heterocycles. The second-order valence-electron chi connectivity index (χ2n) is 4.00. The molecule has 74 valence electrons. The predicted octanol–water partition coefficient (Wildman–Crippen LogP) is 0.523. The fourth-order valence-corrected chi connectivity index (χ4v) is 3.50. The summed E-state index contributed by atoms with van der Waals surface area (Å²) >= 11 is 1.93. The Labute approximate surface area is 82.3 Å². The minimum Gasteiger partial charge on any atom is -0.393 e. The van der Waals surface area contributed by atoms with Gasteiger partial charge in [0.2, 0.25) is 5.91 Å². The average molecular weight is 201 g/mol. The highest BCUT2D eigenvalue weighted by Crippen LogP contribution is 2.33. The molecule has 0 bridgehead atoms. The first-order chi connectivity index (χ1) is 6.20. The number of aliphatic hydroxyl groups excluding tert-OH is 1. The first-order valence-corrected chi connectivity index (χ1v) is 5.93. The number of hydrogen-bond donors (Lipinski definition) is 2. The molecule has 0 aromatic heterocycles. The van der Waals surface area contributed by atoms with Crippen LogP contribution in [0.3, 0.4) is 0 Å². The van der Waals surface area contributed by atoms with Gasteiger partial charge in [-0.25, -0.2) is 0 Å². The lowest BCUT2D eigenvalue weighted by Crippen LogP contribution is -2.57. The Morgan fingerprint density at radius 2 is 2.15 bits per heavy atom. The number of hydrogen-bond acceptors (Lipinski definition) is 3. The molecule has 0 aromatic rings. The third-order valence-corrected chi connectivity index (χ3v) is 3.89. The van der Waals surface area contributed by atoms with E-state index in [-0.39, 0.29) is 17.9 Å². The Kier molecular flexibility index (Phi) is 2.51. The van der Waals surface area contributed by atoms with Gasteiger partial charge in [-0.05, 0) is 30.8 Å². The smallest absolute Gasteiger partial charge is 0.223 e. The summed E-state index contributed by atoms with van der Waals surface area (Å²) in [6.07, 6.45) is 2.65. The molecule has 3 nitrogen and oxygen atoms in total. The van der Waals surface area contributed by atoms with Gasteiger partial charge in [0, 0.05) is 5.54 Å². The first kappa shape index (κ1) is 9.34. The fourth-order valence-electron chi connectivity index (χ4n) is 2.23. The summed E-state index contributed by atoms with van der Waals surface area (Å²) in [6, 6.07) is 0. The van der Waals surface area contributed by atoms with Crippen molar-refractivity contribution in [1.29, 1.82) is 0 Å². The quantitative estimate of drug-likeness (QED) is 0.601. The van der Waals surface area contributed by atoms with Crippen LogP contribution in [0.4, 0.5) is 0 Å². The van der Waals surface area contributed by atoms with Crippen molar-refractivity contribution in [3.05, 3.63) is 0 Å². The molecule has 0 saturated carbocycles. The minimum atomic E-state index is -0.420. The number of thioether (sulfide) groups is 1. The highest BCUT2D eigenvalue weighted by Gasteiger charge is 2.39. The number of aliphatic hydroxyl groups is 1. The molecule has 2 fully saturated rings. The molecule has 1 amide bonds. The molecule has 0 radical (unpaired) electrons. The van der Waals surface area contributed by atoms with Gasteiger partial charge in [-0.2, -0.15) is 11.8 Å². The van der Waals surface area contributed by atoms with Gasteiger partial charge in [-0.3, -0.25) is 4.79 Å². The largest absolute Gasteiger partial charge is 0.393 e. The van der Waals surface area contributed by atoms with Crippen LogP contribution in [0.5, 0.6) is 0 Å². The Hall–Kier alpha value is -0.220. The molecule has 2 rings (SSSR count). The maximum Gasteiger partial charge on any atom is 0.223 e. The summed E-state index contributed by atoms with van der Waals surface area (Å²) in [5.74, 6) is 2.23. The monoisotopic (exact) mass is 201 g/mol. The van der Waals surface area contributed by atoms with Gasteiger partial charge in [0.1, 0.15) is 0 Å². The Bertz CT molecular complexity index is 214. The van der Waals surface area contributed by atoms with Crippen LogP contribution in [-0.2, 0) is 4.79 Å². The Morgan fingerprint density at radius 3 is 2.77 bits per heavy atom. The molecular weight excluding hydrogens is 186 g/mol. The van der Waals surface area contributed by atoms with Crippen LogP contribution in [0, 0.1) is 0 Å². The highest BCUT2D eigenvalue weighted by molar-refractivity contribution is 7.99. The number of nitrogens with one attached hydrogen (secondary N) is 1. The molecule has 2 aliphatic heterocycles. The van der Waals surface area contributed by atoms with Gasteiger partial charge in [0.15, 0.2) is 0 Å². The van der Waals surface area contributed by atoms with E-state index in [0.29, 0.717) is 0 Å². The molecular formula is C9H15NO2S. The van der Waals surface area contributed by atoms with E-state index < -0.39 is 6.10 Å². The number of rotatable bonds is 0. The lowest BCUT2D eigenvalue weighted by molar-refractivity contribution is -0.129. The molecule has 2 aliphatic rings. The second-order valence-corrected chi connectivity index (χ2v) is 5.23. The molecule has 0 aromatic carbocycles. The van der Waals surface area contributed by atoms with Crippen molar-refractivity contribution >= 4 is 17.7 Å². The van der Waals surface area contributed by atoms with E-state index in [1.807, 2.05) is 11.8 Å². The van der Waals surface area contributed by atoms with Crippen LogP contribution in [0.2, 0.25) is 0 Å². The minimum absolute atomic E-state index is 0.0191. The van der Waals surface area contributed by atoms with Crippen LogP contribution in [0.25, 0.3) is 0 Å². The molecule has 2 N–H and O–H groups in total. The number of carbonyl (C=O) groups excluding carboxylic acids is 1. The van der Waals surface area contributed by atoms with Gasteiger partial charge in [-0.1, -0.05) is 0 Å². The first-order valence-electron chi connectivity index (χ1n) is 4.77. The fraction of sp³-hybridized carbons (Fsp3) is 0.889. The maximum absolute atomic E-state index is 11.3. The molecule has 2 saturated heterocycles. The number of amides is 1. The van der Waals surface area contributed by atoms with Crippen LogP contribution in [-0.4, -0.2) is 34.2 Å². The van der Waals surface area contributed by atoms with E-state index in [1.54, 1.807) is 0 Å². The van der Waals surface area contributed by atoms with Crippen LogP contribution >= 0.6 is 11.8 Å². The standard InChI is InChI=1S/C9H15NO2S/c11-7-5-8(12)10-9(6-7)1-3-13-4-2-9/h7,11H,1-6H2,(H,10,12)/t7-/m1/s1. The van der Waals surface area contributed by atoms with E-state index >= 15 is 0 Å². The molecule has 13 heavy (non-hydrogen) atoms. The summed E-state index contributed by atoms with van der Waals surface area (Å²) in [5, 5.41) is 12.6. The average Bonchev–Trinajstić information content (AvgIpc) is 2.02. The van der Waals surface area contributed by atoms with Crippen LogP contribution in [0.15, 0.2) is 0 Å². The van der Waals surface area contributed by atoms with Crippen molar-refractivity contribution in [2.45, 2.75) is 37.3 Å². The van der Waals surface area contributed by atoms with Crippen molar-refractivity contribution in [2.24, 2.45) is 0 Å². The molecule has 0 unspecified atom stereocenters. The predicted molar refractivity (Wildman–Crippen MR) is 52.7 cm³/mol. The maximum atomic E-state index is 11.3. The van der Waals surface area contributed by atoms with Crippen molar-refractivity contribution < 1.29 is 9.90 Å². The lowest BCUT2D eigenvalue weighted by atomic mass is 9.82. The van der Waals surface area contributed by atoms with E-state index in [1.165, 1.54) is 0 Å². The summed E-state index contributed by atoms with van der Waals surface area (Å²) in [5.41, 5.74) is -0.0694. The SMILES string of the molecule is O=C1C[C@@H](O)CC2(CCSCC2)N1. The molecule has 0 aliphatic carbocycles. The second kappa shape index (κ2) is 3.50. The van der Waals surface area contributed by atoms with Crippen molar-refractivity contribution in [3.8, 4) is 0 Å². The van der Waals surface area contributed by atoms with Gasteiger partial charge in [0.25, 0.3) is 0 Å². The van der Waals surface area contributed by atoms with Crippen molar-refractivity contribution in [1.82, 2.24) is 5.32 Å². The number of piperidine rings is 1. The van der Waals surface area contributed by atoms with Crippen LogP contribution < -0.4 is 5.32 Å². The molecule has 4 heteroatoms. The summed E-state index contributed by atoms with van der Waals surface area (Å²) in [4.78, 5) is 11.3. The van der Waals surface area contributed by atoms with Crippen LogP contribution in [0.1, 0.15) is 25.7 Å². The van der Waals surface area contributed by atoms with E-state index in [0.717, 1.165) is 30.8 Å². The Balaban J connectivity index is 2.06. The summed E-state index contributed by atoms with van der Waals surface area (Å²) in [7, 11) is 0. The summed E-state index contributed by atoms with van der Waals surface area (Å²) in [6.45, 7) is 0. The third-order valence-electron chi connectivity index (χ3n) is 2.90. The van der Waals surface area contributed by atoms with Gasteiger partial charge < -0.3 is 10.4 Å². The van der Waals surface area contributed by atoms with Crippen molar-refractivity contribution in [3.63, 3.8) is 0 Å². The van der Waals surface area contributed by atoms with E-state index in [9.17, 15) is 9.90 Å². The zero-order chi connectivity index (χ0) is 9.31. The normalized spacial score (nSPS) is 33.0. The zero-order valence-corrected chi connectivity index (χ0v) is 8.40. The van der Waals surface area contributed by atoms with E-state index in [2.05, 4.69) is 5.32 Å². The van der Waals surface area contributed by atoms with Gasteiger partial charge in [-0.15, -0.1) is 0 Å². The molecule has 1 atom stereocenters. The van der Waals surface area contributed by atoms with Gasteiger partial charge in [0.05, 0.1) is 12.5 Å². The summed E-state index contributed by atoms with van der Waals surface area (Å²) < 4.78 is 0. The van der Waals surface area contributed by atoms with Crippen molar-refractivity contribution in [2.75, 3.05) is 11.5 Å². The zero-order valence-electron chi connectivity index (χ0n) is 7.58. The van der Waals surface area contributed by atoms with Gasteiger partial charge >= 0.3 is 0 Å². The highest BCUT2D eigenvalue weighted by atomic mass is 32.2. The third kappa shape index (κ3) is 1.99. The Morgan fingerprint density at radius 1 is 1.46 bits per heavy atom. The molecule has 1 spiro atoms. The number of carbonyl (C=O) groups is 1. The lowest BCUT2D eigenvalue weighted by Gasteiger charge is -2.42.